The van der Waals surface area contributed by atoms with E-state index < -0.39 is 23.6 Å². The fourth-order valence-corrected chi connectivity index (χ4v) is 1.43. The minimum absolute atomic E-state index is 0.299. The van der Waals surface area contributed by atoms with E-state index in [9.17, 15) is 9.18 Å². The molecule has 1 amide bonds. The second-order valence-electron chi connectivity index (χ2n) is 5.17. The molecule has 0 aliphatic rings. The van der Waals surface area contributed by atoms with Crippen molar-refractivity contribution in [2.75, 3.05) is 5.32 Å². The highest BCUT2D eigenvalue weighted by molar-refractivity contribution is 5.84. The molecule has 1 atom stereocenters. The number of benzene rings is 1. The first kappa shape index (κ1) is 15.0. The Bertz CT molecular complexity index is 515. The lowest BCUT2D eigenvalue weighted by molar-refractivity contribution is 0.0636. The van der Waals surface area contributed by atoms with Crippen molar-refractivity contribution in [2.45, 2.75) is 39.3 Å². The quantitative estimate of drug-likeness (QED) is 0.815. The van der Waals surface area contributed by atoms with E-state index in [0.717, 1.165) is 0 Å². The smallest absolute Gasteiger partial charge is 0.412 e. The summed E-state index contributed by atoms with van der Waals surface area (Å²) in [7, 11) is 0. The topological polar surface area (TPSA) is 42.7 Å². The summed E-state index contributed by atoms with van der Waals surface area (Å²) >= 11 is 0. The Balaban J connectivity index is 2.80. The maximum Gasteiger partial charge on any atom is 0.412 e. The standard InChI is InChI=1S/C14H17FN2O2/c1-9(16-5)11-7-6-10(8-12(11)15)17-13(18)19-14(2,3)4/h6-9H,1-4H3,(H,17,18). The lowest BCUT2D eigenvalue weighted by Gasteiger charge is -2.19. The first-order valence-corrected chi connectivity index (χ1v) is 5.89. The van der Waals surface area contributed by atoms with Gasteiger partial charge in [0.2, 0.25) is 6.04 Å². The monoisotopic (exact) mass is 264 g/mol. The third-order valence-electron chi connectivity index (χ3n) is 2.29. The molecule has 0 aliphatic carbocycles. The van der Waals surface area contributed by atoms with Crippen molar-refractivity contribution in [1.82, 2.24) is 0 Å². The van der Waals surface area contributed by atoms with Gasteiger partial charge in [0.25, 0.3) is 0 Å². The zero-order valence-electron chi connectivity index (χ0n) is 11.5. The summed E-state index contributed by atoms with van der Waals surface area (Å²) in [5.74, 6) is -0.517. The summed E-state index contributed by atoms with van der Waals surface area (Å²) in [5.41, 5.74) is -0.00122. The molecule has 0 fully saturated rings. The maximum atomic E-state index is 13.7. The molecule has 0 bridgehead atoms. The fraction of sp³-hybridized carbons (Fsp3) is 0.429. The number of carbonyl (C=O) groups is 1. The van der Waals surface area contributed by atoms with Gasteiger partial charge in [0.15, 0.2) is 0 Å². The lowest BCUT2D eigenvalue weighted by atomic mass is 10.1. The molecule has 5 heteroatoms. The van der Waals surface area contributed by atoms with Crippen molar-refractivity contribution in [1.29, 1.82) is 0 Å². The second kappa shape index (κ2) is 5.70. The molecule has 0 aromatic heterocycles. The molecular weight excluding hydrogens is 247 g/mol. The van der Waals surface area contributed by atoms with Crippen LogP contribution in [0.5, 0.6) is 0 Å². The van der Waals surface area contributed by atoms with Crippen LogP contribution in [0.4, 0.5) is 14.9 Å². The van der Waals surface area contributed by atoms with Crippen LogP contribution < -0.4 is 5.32 Å². The fourth-order valence-electron chi connectivity index (χ4n) is 1.43. The summed E-state index contributed by atoms with van der Waals surface area (Å²) in [5, 5.41) is 2.44. The first-order valence-electron chi connectivity index (χ1n) is 5.89. The molecule has 0 radical (unpaired) electrons. The molecule has 1 aromatic rings. The predicted octanol–water partition coefficient (Wildman–Crippen LogP) is 4.15. The van der Waals surface area contributed by atoms with Gasteiger partial charge in [0, 0.05) is 12.6 Å². The molecule has 0 spiro atoms. The average molecular weight is 264 g/mol. The van der Waals surface area contributed by atoms with E-state index in [0.29, 0.717) is 11.3 Å². The number of nitrogens with one attached hydrogen (secondary N) is 1. The van der Waals surface area contributed by atoms with Crippen molar-refractivity contribution in [3.63, 3.8) is 0 Å². The number of ether oxygens (including phenoxy) is 1. The number of carbonyl (C=O) groups excluding carboxylic acids is 1. The summed E-state index contributed by atoms with van der Waals surface area (Å²) in [4.78, 5) is 14.8. The number of amides is 1. The number of hydrogen-bond donors (Lipinski definition) is 1. The molecule has 19 heavy (non-hydrogen) atoms. The van der Waals surface area contributed by atoms with Crippen molar-refractivity contribution < 1.29 is 13.9 Å². The minimum atomic E-state index is -0.641. The van der Waals surface area contributed by atoms with Crippen molar-refractivity contribution >= 4 is 11.8 Å². The van der Waals surface area contributed by atoms with E-state index >= 15 is 0 Å². The highest BCUT2D eigenvalue weighted by Gasteiger charge is 2.18. The van der Waals surface area contributed by atoms with Gasteiger partial charge in [-0.1, -0.05) is 0 Å². The highest BCUT2D eigenvalue weighted by Crippen LogP contribution is 2.23. The second-order valence-corrected chi connectivity index (χ2v) is 5.17. The third-order valence-corrected chi connectivity index (χ3v) is 2.29. The van der Waals surface area contributed by atoms with Crippen LogP contribution in [0.25, 0.3) is 4.85 Å². The van der Waals surface area contributed by atoms with Gasteiger partial charge in [-0.2, -0.15) is 0 Å². The van der Waals surface area contributed by atoms with Gasteiger partial charge < -0.3 is 9.58 Å². The molecule has 4 nitrogen and oxygen atoms in total. The van der Waals surface area contributed by atoms with Crippen LogP contribution in [-0.2, 0) is 4.74 Å². The van der Waals surface area contributed by atoms with Crippen LogP contribution in [0.1, 0.15) is 39.3 Å². The largest absolute Gasteiger partial charge is 0.444 e. The molecule has 0 saturated carbocycles. The normalized spacial score (nSPS) is 12.4. The summed E-state index contributed by atoms with van der Waals surface area (Å²) < 4.78 is 18.8. The number of nitrogens with zero attached hydrogens (tertiary/aromatic N) is 1. The highest BCUT2D eigenvalue weighted by atomic mass is 19.1. The molecule has 1 N–H and O–H groups in total. The van der Waals surface area contributed by atoms with Gasteiger partial charge in [0.05, 0.1) is 5.56 Å². The van der Waals surface area contributed by atoms with Crippen molar-refractivity contribution in [3.05, 3.63) is 41.0 Å². The van der Waals surface area contributed by atoms with Gasteiger partial charge in [-0.25, -0.2) is 15.8 Å². The maximum absolute atomic E-state index is 13.7. The Labute approximate surface area is 112 Å². The Hall–Kier alpha value is -2.09. The number of anilines is 1. The van der Waals surface area contributed by atoms with Crippen LogP contribution >= 0.6 is 0 Å². The molecule has 0 saturated heterocycles. The molecule has 102 valence electrons. The number of hydrogen-bond acceptors (Lipinski definition) is 2. The Kier molecular flexibility index (Phi) is 4.49. The van der Waals surface area contributed by atoms with Crippen LogP contribution in [0, 0.1) is 12.4 Å². The summed E-state index contributed by atoms with van der Waals surface area (Å²) in [6.07, 6.45) is -0.641. The van der Waals surface area contributed by atoms with Crippen molar-refractivity contribution in [3.8, 4) is 0 Å². The number of rotatable bonds is 2. The van der Waals surface area contributed by atoms with E-state index in [4.69, 9.17) is 11.3 Å². The zero-order chi connectivity index (χ0) is 14.6. The number of halogens is 1. The van der Waals surface area contributed by atoms with Gasteiger partial charge in [-0.3, -0.25) is 5.32 Å². The van der Waals surface area contributed by atoms with Crippen LogP contribution in [-0.4, -0.2) is 11.7 Å². The third kappa shape index (κ3) is 4.59. The molecular formula is C14H17FN2O2. The van der Waals surface area contributed by atoms with E-state index in [1.165, 1.54) is 12.1 Å². The van der Waals surface area contributed by atoms with Gasteiger partial charge in [-0.15, -0.1) is 0 Å². The van der Waals surface area contributed by atoms with Crippen LogP contribution in [0.3, 0.4) is 0 Å². The zero-order valence-corrected chi connectivity index (χ0v) is 11.5. The van der Waals surface area contributed by atoms with Crippen LogP contribution in [0.15, 0.2) is 18.2 Å². The van der Waals surface area contributed by atoms with Gasteiger partial charge in [0.1, 0.15) is 11.4 Å². The molecule has 0 aliphatic heterocycles. The predicted molar refractivity (Wildman–Crippen MR) is 71.3 cm³/mol. The van der Waals surface area contributed by atoms with E-state index in [2.05, 4.69) is 10.2 Å². The summed E-state index contributed by atoms with van der Waals surface area (Å²) in [6, 6.07) is 3.67. The average Bonchev–Trinajstić information content (AvgIpc) is 2.25. The SMILES string of the molecule is [C-]#[N+]C(C)c1ccc(NC(=O)OC(C)(C)C)cc1F. The molecule has 1 unspecified atom stereocenters. The van der Waals surface area contributed by atoms with Crippen molar-refractivity contribution in [2.24, 2.45) is 0 Å². The summed E-state index contributed by atoms with van der Waals surface area (Å²) in [6.45, 7) is 13.7. The Morgan fingerprint density at radius 1 is 1.47 bits per heavy atom. The van der Waals surface area contributed by atoms with Crippen LogP contribution in [0.2, 0.25) is 0 Å². The van der Waals surface area contributed by atoms with E-state index in [-0.39, 0.29) is 0 Å². The van der Waals surface area contributed by atoms with E-state index in [1.807, 2.05) is 0 Å². The Morgan fingerprint density at radius 3 is 2.58 bits per heavy atom. The molecule has 0 heterocycles. The first-order chi connectivity index (χ1) is 8.73. The van der Waals surface area contributed by atoms with Gasteiger partial charge in [-0.05, 0) is 39.0 Å². The lowest BCUT2D eigenvalue weighted by Crippen LogP contribution is -2.27. The van der Waals surface area contributed by atoms with E-state index in [1.54, 1.807) is 33.8 Å². The minimum Gasteiger partial charge on any atom is -0.444 e. The Morgan fingerprint density at radius 2 is 2.11 bits per heavy atom. The molecule has 1 rings (SSSR count). The molecule has 1 aromatic carbocycles. The van der Waals surface area contributed by atoms with Gasteiger partial charge >= 0.3 is 6.09 Å².